The van der Waals surface area contributed by atoms with Crippen LogP contribution in [-0.4, -0.2) is 98.9 Å². The summed E-state index contributed by atoms with van der Waals surface area (Å²) in [5, 5.41) is 3.40. The van der Waals surface area contributed by atoms with E-state index >= 15 is 0 Å². The van der Waals surface area contributed by atoms with Gasteiger partial charge in [0.05, 0.1) is 32.4 Å². The Balaban J connectivity index is 0.00000341. The summed E-state index contributed by atoms with van der Waals surface area (Å²) >= 11 is 0. The van der Waals surface area contributed by atoms with Crippen LogP contribution in [0.3, 0.4) is 0 Å². The number of amides is 1. The molecule has 2 saturated heterocycles. The molecule has 1 N–H and O–H groups in total. The summed E-state index contributed by atoms with van der Waals surface area (Å²) in [6, 6.07) is 4.14. The lowest BCUT2D eigenvalue weighted by molar-refractivity contribution is 0.0134. The van der Waals surface area contributed by atoms with Crippen molar-refractivity contribution in [2.45, 2.75) is 26.8 Å². The highest BCUT2D eigenvalue weighted by Crippen LogP contribution is 2.24. The van der Waals surface area contributed by atoms with Gasteiger partial charge in [-0.25, -0.2) is 4.79 Å². The fourth-order valence-electron chi connectivity index (χ4n) is 3.82. The Hall–Kier alpha value is -1.53. The van der Waals surface area contributed by atoms with Crippen molar-refractivity contribution in [3.8, 4) is 0 Å². The summed E-state index contributed by atoms with van der Waals surface area (Å²) in [6.45, 7) is 13.6. The Morgan fingerprint density at radius 3 is 2.39 bits per heavy atom. The van der Waals surface area contributed by atoms with E-state index in [0.29, 0.717) is 26.2 Å². The van der Waals surface area contributed by atoms with Crippen molar-refractivity contribution >= 4 is 36.0 Å². The number of ether oxygens (including phenoxy) is 2. The van der Waals surface area contributed by atoms with E-state index in [1.807, 2.05) is 19.9 Å². The van der Waals surface area contributed by atoms with E-state index in [0.717, 1.165) is 63.4 Å². The number of aryl methyl sites for hydroxylation is 1. The lowest BCUT2D eigenvalue weighted by Gasteiger charge is -2.36. The van der Waals surface area contributed by atoms with Gasteiger partial charge in [0.15, 0.2) is 5.96 Å². The average molecular weight is 549 g/mol. The van der Waals surface area contributed by atoms with Crippen LogP contribution < -0.4 is 5.32 Å². The lowest BCUT2D eigenvalue weighted by atomic mass is 10.1. The highest BCUT2D eigenvalue weighted by atomic mass is 127. The van der Waals surface area contributed by atoms with Gasteiger partial charge in [0.2, 0.25) is 0 Å². The monoisotopic (exact) mass is 549 g/mol. The topological polar surface area (TPSA) is 82.8 Å². The first-order valence-electron chi connectivity index (χ1n) is 11.0. The van der Waals surface area contributed by atoms with Crippen LogP contribution in [0, 0.1) is 6.92 Å². The number of halogens is 1. The SMILES string of the molecule is CCNC(=NCC(c1ccc(C)o1)N1CCOCC1)N1CCN(C(=O)OCC)CC1.I. The minimum Gasteiger partial charge on any atom is -0.465 e. The van der Waals surface area contributed by atoms with E-state index in [-0.39, 0.29) is 36.1 Å². The van der Waals surface area contributed by atoms with Gasteiger partial charge in [-0.15, -0.1) is 24.0 Å². The van der Waals surface area contributed by atoms with Gasteiger partial charge in [-0.05, 0) is 32.9 Å². The highest BCUT2D eigenvalue weighted by Gasteiger charge is 2.27. The maximum Gasteiger partial charge on any atom is 0.409 e. The normalized spacial score (nSPS) is 19.0. The minimum atomic E-state index is -0.236. The number of rotatable bonds is 6. The molecule has 1 aromatic rings. The van der Waals surface area contributed by atoms with Gasteiger partial charge in [-0.2, -0.15) is 0 Å². The van der Waals surface area contributed by atoms with E-state index in [1.165, 1.54) is 0 Å². The minimum absolute atomic E-state index is 0. The molecule has 1 unspecified atom stereocenters. The molecule has 0 radical (unpaired) electrons. The number of guanidine groups is 1. The number of furan rings is 1. The molecule has 3 rings (SSSR count). The third-order valence-corrected chi connectivity index (χ3v) is 5.43. The van der Waals surface area contributed by atoms with Crippen molar-refractivity contribution in [2.24, 2.45) is 4.99 Å². The molecule has 1 amide bonds. The zero-order valence-electron chi connectivity index (χ0n) is 18.8. The molecule has 2 aliphatic rings. The summed E-state index contributed by atoms with van der Waals surface area (Å²) in [5.74, 6) is 2.73. The van der Waals surface area contributed by atoms with E-state index in [4.69, 9.17) is 18.9 Å². The summed E-state index contributed by atoms with van der Waals surface area (Å²) < 4.78 is 16.6. The van der Waals surface area contributed by atoms with Crippen LogP contribution in [0.4, 0.5) is 4.79 Å². The number of carbonyl (C=O) groups is 1. The molecule has 2 fully saturated rings. The number of hydrogen-bond donors (Lipinski definition) is 1. The molecule has 0 saturated carbocycles. The second kappa shape index (κ2) is 13.1. The first-order valence-corrected chi connectivity index (χ1v) is 11.0. The molecule has 0 bridgehead atoms. The van der Waals surface area contributed by atoms with E-state index in [1.54, 1.807) is 4.90 Å². The van der Waals surface area contributed by atoms with Crippen molar-refractivity contribution in [1.82, 2.24) is 20.0 Å². The highest BCUT2D eigenvalue weighted by molar-refractivity contribution is 14.0. The summed E-state index contributed by atoms with van der Waals surface area (Å²) in [4.78, 5) is 23.3. The van der Waals surface area contributed by atoms with E-state index in [2.05, 4.69) is 28.1 Å². The molecule has 10 heteroatoms. The number of hydrogen-bond acceptors (Lipinski definition) is 6. The quantitative estimate of drug-likeness (QED) is 0.332. The van der Waals surface area contributed by atoms with Crippen LogP contribution in [0.2, 0.25) is 0 Å². The molecular weight excluding hydrogens is 513 g/mol. The van der Waals surface area contributed by atoms with Crippen molar-refractivity contribution in [3.63, 3.8) is 0 Å². The first-order chi connectivity index (χ1) is 14.6. The molecule has 9 nitrogen and oxygen atoms in total. The van der Waals surface area contributed by atoms with E-state index in [9.17, 15) is 4.79 Å². The van der Waals surface area contributed by atoms with Crippen LogP contribution in [0.1, 0.15) is 31.4 Å². The van der Waals surface area contributed by atoms with Crippen LogP contribution in [0.5, 0.6) is 0 Å². The van der Waals surface area contributed by atoms with Crippen molar-refractivity contribution in [2.75, 3.05) is 72.2 Å². The van der Waals surface area contributed by atoms with Gasteiger partial charge in [-0.3, -0.25) is 9.89 Å². The second-order valence-electron chi connectivity index (χ2n) is 7.48. The Morgan fingerprint density at radius 1 is 1.13 bits per heavy atom. The summed E-state index contributed by atoms with van der Waals surface area (Å²) in [7, 11) is 0. The van der Waals surface area contributed by atoms with Gasteiger partial charge < -0.3 is 29.0 Å². The third-order valence-electron chi connectivity index (χ3n) is 5.43. The molecule has 31 heavy (non-hydrogen) atoms. The Kier molecular flexibility index (Phi) is 10.9. The zero-order valence-corrected chi connectivity index (χ0v) is 21.2. The molecule has 0 aliphatic carbocycles. The Morgan fingerprint density at radius 2 is 1.81 bits per heavy atom. The van der Waals surface area contributed by atoms with Crippen molar-refractivity contribution in [1.29, 1.82) is 0 Å². The third kappa shape index (κ3) is 7.25. The Labute approximate surface area is 202 Å². The molecule has 3 heterocycles. The van der Waals surface area contributed by atoms with Gasteiger partial charge in [0.1, 0.15) is 11.5 Å². The van der Waals surface area contributed by atoms with Crippen LogP contribution >= 0.6 is 24.0 Å². The smallest absolute Gasteiger partial charge is 0.409 e. The maximum atomic E-state index is 12.0. The van der Waals surface area contributed by atoms with Crippen molar-refractivity contribution < 1.29 is 18.7 Å². The van der Waals surface area contributed by atoms with Gasteiger partial charge in [-0.1, -0.05) is 0 Å². The van der Waals surface area contributed by atoms with Gasteiger partial charge in [0, 0.05) is 45.8 Å². The molecule has 0 aromatic carbocycles. The molecule has 176 valence electrons. The standard InChI is InChI=1S/C21H35N5O4.HI/c1-4-22-20(25-8-10-26(11-9-25)21(27)29-5-2)23-16-18(19-7-6-17(3)30-19)24-12-14-28-15-13-24;/h6-7,18H,4-5,8-16H2,1-3H3,(H,22,23);1H. The molecular formula is C21H36IN5O4. The van der Waals surface area contributed by atoms with Crippen LogP contribution in [0.15, 0.2) is 21.5 Å². The average Bonchev–Trinajstić information content (AvgIpc) is 3.20. The lowest BCUT2D eigenvalue weighted by Crippen LogP contribution is -2.54. The predicted octanol–water partition coefficient (Wildman–Crippen LogP) is 2.32. The second-order valence-corrected chi connectivity index (χ2v) is 7.48. The molecule has 1 atom stereocenters. The summed E-state index contributed by atoms with van der Waals surface area (Å²) in [6.07, 6.45) is -0.236. The van der Waals surface area contributed by atoms with Crippen LogP contribution in [0.25, 0.3) is 0 Å². The first kappa shape index (κ1) is 25.7. The fraction of sp³-hybridized carbons (Fsp3) is 0.714. The van der Waals surface area contributed by atoms with Crippen LogP contribution in [-0.2, 0) is 9.47 Å². The van der Waals surface area contributed by atoms with E-state index < -0.39 is 0 Å². The Bertz CT molecular complexity index is 700. The number of nitrogens with zero attached hydrogens (tertiary/aromatic N) is 4. The number of carbonyl (C=O) groups excluding carboxylic acids is 1. The number of piperazine rings is 1. The van der Waals surface area contributed by atoms with Crippen molar-refractivity contribution in [3.05, 3.63) is 23.7 Å². The molecule has 2 aliphatic heterocycles. The number of aliphatic imine (C=N–C) groups is 1. The zero-order chi connectivity index (χ0) is 21.3. The van der Waals surface area contributed by atoms with Gasteiger partial charge >= 0.3 is 6.09 Å². The van der Waals surface area contributed by atoms with Gasteiger partial charge in [0.25, 0.3) is 0 Å². The maximum absolute atomic E-state index is 12.0. The molecule has 1 aromatic heterocycles. The number of morpholine rings is 1. The number of nitrogens with one attached hydrogen (secondary N) is 1. The molecule has 0 spiro atoms. The predicted molar refractivity (Wildman–Crippen MR) is 130 cm³/mol. The fourth-order valence-corrected chi connectivity index (χ4v) is 3.82. The largest absolute Gasteiger partial charge is 0.465 e. The summed E-state index contributed by atoms with van der Waals surface area (Å²) in [5.41, 5.74) is 0.